The third kappa shape index (κ3) is 4.54. The van der Waals surface area contributed by atoms with Gasteiger partial charge in [0.25, 0.3) is 0 Å². The Morgan fingerprint density at radius 2 is 2.30 bits per heavy atom. The van der Waals surface area contributed by atoms with Crippen molar-refractivity contribution in [2.75, 3.05) is 26.8 Å². The van der Waals surface area contributed by atoms with Crippen LogP contribution in [-0.2, 0) is 16.6 Å². The number of nitrogens with zero attached hydrogens (tertiary/aromatic N) is 3. The van der Waals surface area contributed by atoms with Crippen molar-refractivity contribution < 1.29 is 19.4 Å². The highest BCUT2D eigenvalue weighted by Crippen LogP contribution is 2.12. The van der Waals surface area contributed by atoms with Crippen molar-refractivity contribution in [3.8, 4) is 0 Å². The molecule has 1 heterocycles. The average molecular weight is 284 g/mol. The molecule has 0 saturated carbocycles. The minimum atomic E-state index is -1.13. The topological polar surface area (TPSA) is 96.7 Å². The molecule has 0 fully saturated rings. The number of ether oxygens (including phenoxy) is 1. The second kappa shape index (κ2) is 7.49. The van der Waals surface area contributed by atoms with Gasteiger partial charge in [-0.05, 0) is 6.92 Å². The molecule has 20 heavy (non-hydrogen) atoms. The number of aromatic nitrogens is 2. The fraction of sp³-hybridized carbons (Fsp3) is 0.583. The molecule has 0 aliphatic rings. The summed E-state index contributed by atoms with van der Waals surface area (Å²) in [6.45, 7) is 3.23. The zero-order chi connectivity index (χ0) is 15.1. The number of hydrogen-bond donors (Lipinski definition) is 2. The van der Waals surface area contributed by atoms with E-state index in [9.17, 15) is 14.7 Å². The van der Waals surface area contributed by atoms with Gasteiger partial charge in [0.05, 0.1) is 12.8 Å². The quantitative estimate of drug-likeness (QED) is 0.698. The van der Waals surface area contributed by atoms with Gasteiger partial charge >= 0.3 is 12.0 Å². The summed E-state index contributed by atoms with van der Waals surface area (Å²) >= 11 is 0. The normalized spacial score (nSPS) is 11.9. The molecule has 2 amide bonds. The van der Waals surface area contributed by atoms with E-state index in [1.165, 1.54) is 15.8 Å². The van der Waals surface area contributed by atoms with Crippen LogP contribution in [0.4, 0.5) is 4.79 Å². The van der Waals surface area contributed by atoms with Crippen molar-refractivity contribution in [3.63, 3.8) is 0 Å². The van der Waals surface area contributed by atoms with Gasteiger partial charge in [-0.1, -0.05) is 0 Å². The summed E-state index contributed by atoms with van der Waals surface area (Å²) in [6, 6.07) is -1.59. The van der Waals surface area contributed by atoms with E-state index >= 15 is 0 Å². The Morgan fingerprint density at radius 1 is 1.60 bits per heavy atom. The van der Waals surface area contributed by atoms with E-state index in [1.807, 2.05) is 6.92 Å². The first-order chi connectivity index (χ1) is 9.45. The molecule has 8 heteroatoms. The van der Waals surface area contributed by atoms with Gasteiger partial charge < -0.3 is 20.1 Å². The molecule has 0 spiro atoms. The highest BCUT2D eigenvalue weighted by atomic mass is 16.5. The van der Waals surface area contributed by atoms with Crippen molar-refractivity contribution in [3.05, 3.63) is 18.0 Å². The number of carboxylic acids is 1. The molecular formula is C12H20N4O4. The summed E-state index contributed by atoms with van der Waals surface area (Å²) < 4.78 is 6.63. The van der Waals surface area contributed by atoms with Crippen LogP contribution < -0.4 is 5.32 Å². The Balaban J connectivity index is 2.62. The zero-order valence-electron chi connectivity index (χ0n) is 11.9. The van der Waals surface area contributed by atoms with Crippen LogP contribution in [0.3, 0.4) is 0 Å². The summed E-state index contributed by atoms with van der Waals surface area (Å²) in [5, 5.41) is 15.5. The fourth-order valence-electron chi connectivity index (χ4n) is 1.56. The predicted molar refractivity (Wildman–Crippen MR) is 71.2 cm³/mol. The van der Waals surface area contributed by atoms with Gasteiger partial charge in [-0.2, -0.15) is 5.10 Å². The lowest BCUT2D eigenvalue weighted by Crippen LogP contribution is -2.43. The number of carboxylic acid groups (broad SMARTS) is 1. The lowest BCUT2D eigenvalue weighted by Gasteiger charge is -2.20. The van der Waals surface area contributed by atoms with Crippen LogP contribution >= 0.6 is 0 Å². The largest absolute Gasteiger partial charge is 0.479 e. The average Bonchev–Trinajstić information content (AvgIpc) is 2.81. The van der Waals surface area contributed by atoms with Gasteiger partial charge in [-0.15, -0.1) is 0 Å². The summed E-state index contributed by atoms with van der Waals surface area (Å²) in [6.07, 6.45) is 2.97. The molecule has 112 valence electrons. The van der Waals surface area contributed by atoms with E-state index in [2.05, 4.69) is 10.4 Å². The maximum absolute atomic E-state index is 11.9. The second-order valence-electron chi connectivity index (χ2n) is 4.29. The second-order valence-corrected chi connectivity index (χ2v) is 4.29. The number of nitrogens with one attached hydrogen (secondary N) is 1. The number of urea groups is 1. The highest BCUT2D eigenvalue weighted by molar-refractivity contribution is 5.83. The first-order valence-electron chi connectivity index (χ1n) is 6.26. The van der Waals surface area contributed by atoms with Gasteiger partial charge in [0.2, 0.25) is 0 Å². The summed E-state index contributed by atoms with van der Waals surface area (Å²) in [7, 11) is 3.26. The van der Waals surface area contributed by atoms with Crippen molar-refractivity contribution in [2.45, 2.75) is 13.0 Å². The lowest BCUT2D eigenvalue weighted by molar-refractivity contribution is -0.139. The molecule has 0 radical (unpaired) electrons. The standard InChI is InChI=1S/C12H20N4O4/c1-4-20-6-5-15(2)12(19)14-10(11(17)18)9-7-13-16(3)8-9/h7-8,10H,4-6H2,1-3H3,(H,14,19)(H,17,18). The lowest BCUT2D eigenvalue weighted by atomic mass is 10.1. The van der Waals surface area contributed by atoms with Crippen LogP contribution in [0.1, 0.15) is 18.5 Å². The smallest absolute Gasteiger partial charge is 0.331 e. The molecule has 8 nitrogen and oxygen atoms in total. The maximum Gasteiger partial charge on any atom is 0.331 e. The van der Waals surface area contributed by atoms with Gasteiger partial charge in [0, 0.05) is 39.0 Å². The van der Waals surface area contributed by atoms with E-state index in [-0.39, 0.29) is 0 Å². The molecule has 0 saturated heterocycles. The molecule has 0 aliphatic heterocycles. The predicted octanol–water partition coefficient (Wildman–Crippen LogP) is 0.224. The van der Waals surface area contributed by atoms with E-state index in [1.54, 1.807) is 20.3 Å². The van der Waals surface area contributed by atoms with Gasteiger partial charge in [0.15, 0.2) is 6.04 Å². The molecule has 2 N–H and O–H groups in total. The molecule has 1 rings (SSSR count). The third-order valence-electron chi connectivity index (χ3n) is 2.69. The summed E-state index contributed by atoms with van der Waals surface area (Å²) in [4.78, 5) is 24.5. The Morgan fingerprint density at radius 3 is 2.80 bits per heavy atom. The third-order valence-corrected chi connectivity index (χ3v) is 2.69. The van der Waals surface area contributed by atoms with E-state index in [0.29, 0.717) is 25.3 Å². The first-order valence-corrected chi connectivity index (χ1v) is 6.26. The van der Waals surface area contributed by atoms with Crippen LogP contribution in [0.15, 0.2) is 12.4 Å². The number of carbonyl (C=O) groups is 2. The van der Waals surface area contributed by atoms with E-state index in [4.69, 9.17) is 4.74 Å². The summed E-state index contributed by atoms with van der Waals surface area (Å²) in [5.41, 5.74) is 0.423. The van der Waals surface area contributed by atoms with E-state index in [0.717, 1.165) is 0 Å². The molecule has 0 bridgehead atoms. The summed E-state index contributed by atoms with van der Waals surface area (Å²) in [5.74, 6) is -1.13. The van der Waals surface area contributed by atoms with Crippen molar-refractivity contribution in [2.24, 2.45) is 7.05 Å². The monoisotopic (exact) mass is 284 g/mol. The number of aliphatic carboxylic acids is 1. The molecule has 1 unspecified atom stereocenters. The number of likely N-dealkylation sites (N-methyl/N-ethyl adjacent to an activating group) is 1. The van der Waals surface area contributed by atoms with Crippen LogP contribution in [0.5, 0.6) is 0 Å². The van der Waals surface area contributed by atoms with Crippen molar-refractivity contribution in [1.29, 1.82) is 0 Å². The van der Waals surface area contributed by atoms with Crippen LogP contribution in [0.2, 0.25) is 0 Å². The van der Waals surface area contributed by atoms with E-state index < -0.39 is 18.0 Å². The SMILES string of the molecule is CCOCCN(C)C(=O)NC(C(=O)O)c1cnn(C)c1. The molecule has 1 aromatic rings. The minimum absolute atomic E-state index is 0.388. The van der Waals surface area contributed by atoms with Gasteiger partial charge in [-0.3, -0.25) is 4.68 Å². The van der Waals surface area contributed by atoms with Crippen LogP contribution in [-0.4, -0.2) is 58.6 Å². The van der Waals surface area contributed by atoms with Gasteiger partial charge in [0.1, 0.15) is 0 Å². The Kier molecular flexibility index (Phi) is 5.98. The number of aryl methyl sites for hydroxylation is 1. The van der Waals surface area contributed by atoms with Crippen molar-refractivity contribution >= 4 is 12.0 Å². The molecular weight excluding hydrogens is 264 g/mol. The van der Waals surface area contributed by atoms with Crippen LogP contribution in [0, 0.1) is 0 Å². The maximum atomic E-state index is 11.9. The molecule has 1 atom stereocenters. The van der Waals surface area contributed by atoms with Crippen molar-refractivity contribution in [1.82, 2.24) is 20.0 Å². The Labute approximate surface area is 117 Å². The molecule has 0 aliphatic carbocycles. The zero-order valence-corrected chi connectivity index (χ0v) is 11.9. The van der Waals surface area contributed by atoms with Gasteiger partial charge in [-0.25, -0.2) is 9.59 Å². The first kappa shape index (κ1) is 16.0. The van der Waals surface area contributed by atoms with Crippen LogP contribution in [0.25, 0.3) is 0 Å². The number of carbonyl (C=O) groups excluding carboxylic acids is 1. The molecule has 0 aromatic carbocycles. The number of hydrogen-bond acceptors (Lipinski definition) is 4. The Bertz CT molecular complexity index is 460. The molecule has 1 aromatic heterocycles. The Hall–Kier alpha value is -2.09. The fourth-order valence-corrected chi connectivity index (χ4v) is 1.56. The number of amides is 2. The highest BCUT2D eigenvalue weighted by Gasteiger charge is 2.24. The number of rotatable bonds is 7. The minimum Gasteiger partial charge on any atom is -0.479 e.